The molecule has 0 aromatic heterocycles. The fraction of sp³-hybridized carbons (Fsp3) is 0.909. The molecule has 0 fully saturated rings. The van der Waals surface area contributed by atoms with Crippen molar-refractivity contribution in [3.63, 3.8) is 0 Å². The van der Waals surface area contributed by atoms with Gasteiger partial charge in [0.1, 0.15) is 0 Å². The highest BCUT2D eigenvalue weighted by atomic mass is 19.1. The van der Waals surface area contributed by atoms with Crippen LogP contribution in [0.4, 0.5) is 4.39 Å². The van der Waals surface area contributed by atoms with E-state index in [1.54, 1.807) is 0 Å². The molecule has 0 aliphatic heterocycles. The van der Waals surface area contributed by atoms with E-state index in [9.17, 15) is 9.18 Å². The first-order chi connectivity index (χ1) is 6.72. The van der Waals surface area contributed by atoms with Gasteiger partial charge in [-0.1, -0.05) is 32.6 Å². The highest BCUT2D eigenvalue weighted by molar-refractivity contribution is 5.69. The zero-order valence-corrected chi connectivity index (χ0v) is 8.97. The van der Waals surface area contributed by atoms with Gasteiger partial charge in [-0.3, -0.25) is 9.18 Å². The Morgan fingerprint density at radius 1 is 1.21 bits per heavy atom. The normalized spacial score (nSPS) is 12.7. The molecule has 0 bridgehead atoms. The summed E-state index contributed by atoms with van der Waals surface area (Å²) in [6.45, 7) is 1.75. The van der Waals surface area contributed by atoms with Crippen molar-refractivity contribution in [2.24, 2.45) is 5.92 Å². The van der Waals surface area contributed by atoms with E-state index < -0.39 is 5.97 Å². The van der Waals surface area contributed by atoms with Crippen LogP contribution in [0.25, 0.3) is 0 Å². The van der Waals surface area contributed by atoms with Gasteiger partial charge in [0.2, 0.25) is 0 Å². The van der Waals surface area contributed by atoms with Crippen molar-refractivity contribution in [1.29, 1.82) is 0 Å². The van der Waals surface area contributed by atoms with Crippen LogP contribution in [0, 0.1) is 5.92 Å². The summed E-state index contributed by atoms with van der Waals surface area (Å²) in [6, 6.07) is 0. The maximum Gasteiger partial charge on any atom is 0.306 e. The average Bonchev–Trinajstić information content (AvgIpc) is 2.15. The van der Waals surface area contributed by atoms with Gasteiger partial charge in [0.15, 0.2) is 0 Å². The summed E-state index contributed by atoms with van der Waals surface area (Å²) in [5.41, 5.74) is 0. The molecular formula is C11H21FO2. The number of rotatable bonds is 9. The molecule has 3 heteroatoms. The van der Waals surface area contributed by atoms with Gasteiger partial charge in [0.25, 0.3) is 0 Å². The second-order valence-corrected chi connectivity index (χ2v) is 3.72. The Hall–Kier alpha value is -0.600. The Morgan fingerprint density at radius 3 is 2.36 bits per heavy atom. The van der Waals surface area contributed by atoms with Gasteiger partial charge < -0.3 is 5.11 Å². The molecule has 1 atom stereocenters. The van der Waals surface area contributed by atoms with Crippen LogP contribution in [0.5, 0.6) is 0 Å². The van der Waals surface area contributed by atoms with Crippen molar-refractivity contribution in [1.82, 2.24) is 0 Å². The van der Waals surface area contributed by atoms with Crippen molar-refractivity contribution >= 4 is 5.97 Å². The van der Waals surface area contributed by atoms with Crippen LogP contribution in [-0.2, 0) is 4.79 Å². The minimum Gasteiger partial charge on any atom is -0.481 e. The van der Waals surface area contributed by atoms with Crippen molar-refractivity contribution < 1.29 is 14.3 Å². The van der Waals surface area contributed by atoms with Crippen LogP contribution in [0.3, 0.4) is 0 Å². The first kappa shape index (κ1) is 13.4. The Bertz CT molecular complexity index is 148. The fourth-order valence-corrected chi connectivity index (χ4v) is 1.58. The number of carboxylic acid groups (broad SMARTS) is 1. The number of carbonyl (C=O) groups is 1. The third-order valence-corrected chi connectivity index (χ3v) is 2.42. The summed E-state index contributed by atoms with van der Waals surface area (Å²) in [4.78, 5) is 10.7. The maximum absolute atomic E-state index is 11.7. The molecule has 0 aliphatic carbocycles. The first-order valence-electron chi connectivity index (χ1n) is 5.51. The monoisotopic (exact) mass is 204 g/mol. The van der Waals surface area contributed by atoms with Crippen molar-refractivity contribution in [3.05, 3.63) is 0 Å². The lowest BCUT2D eigenvalue weighted by atomic mass is 9.96. The quantitative estimate of drug-likeness (QED) is 0.584. The summed E-state index contributed by atoms with van der Waals surface area (Å²) >= 11 is 0. The summed E-state index contributed by atoms with van der Waals surface area (Å²) in [5.74, 6) is -0.872. The molecule has 0 rings (SSSR count). The third-order valence-electron chi connectivity index (χ3n) is 2.42. The first-order valence-corrected chi connectivity index (χ1v) is 5.51. The van der Waals surface area contributed by atoms with E-state index >= 15 is 0 Å². The largest absolute Gasteiger partial charge is 0.481 e. The van der Waals surface area contributed by atoms with Crippen LogP contribution in [0.1, 0.15) is 51.9 Å². The molecule has 0 heterocycles. The van der Waals surface area contributed by atoms with Gasteiger partial charge in [-0.2, -0.15) is 0 Å². The van der Waals surface area contributed by atoms with Crippen LogP contribution in [0.2, 0.25) is 0 Å². The smallest absolute Gasteiger partial charge is 0.306 e. The Labute approximate surface area is 85.5 Å². The van der Waals surface area contributed by atoms with Gasteiger partial charge in [-0.05, 0) is 19.3 Å². The van der Waals surface area contributed by atoms with Crippen molar-refractivity contribution in [3.8, 4) is 0 Å². The Balaban J connectivity index is 3.46. The molecule has 0 saturated carbocycles. The minimum absolute atomic E-state index is 0.189. The highest BCUT2D eigenvalue weighted by Crippen LogP contribution is 2.16. The number of halogens is 1. The molecule has 0 spiro atoms. The van der Waals surface area contributed by atoms with Gasteiger partial charge >= 0.3 is 5.97 Å². The molecule has 0 amide bonds. The number of hydrogen-bond acceptors (Lipinski definition) is 1. The molecule has 84 valence electrons. The van der Waals surface area contributed by atoms with E-state index in [1.165, 1.54) is 0 Å². The summed E-state index contributed by atoms with van der Waals surface area (Å²) in [6.07, 6.45) is 5.80. The fourth-order valence-electron chi connectivity index (χ4n) is 1.58. The van der Waals surface area contributed by atoms with Gasteiger partial charge in [0.05, 0.1) is 12.6 Å². The number of alkyl halides is 1. The van der Waals surface area contributed by atoms with E-state index in [-0.39, 0.29) is 12.6 Å². The predicted octanol–water partition coefficient (Wildman–Crippen LogP) is 3.41. The summed E-state index contributed by atoms with van der Waals surface area (Å²) in [5, 5.41) is 8.85. The van der Waals surface area contributed by atoms with Crippen LogP contribution in [-0.4, -0.2) is 17.8 Å². The van der Waals surface area contributed by atoms with E-state index in [2.05, 4.69) is 0 Å². The van der Waals surface area contributed by atoms with Crippen LogP contribution < -0.4 is 0 Å². The van der Waals surface area contributed by atoms with Crippen molar-refractivity contribution in [2.45, 2.75) is 51.9 Å². The van der Waals surface area contributed by atoms with E-state index in [1.807, 2.05) is 6.92 Å². The van der Waals surface area contributed by atoms with Gasteiger partial charge in [-0.25, -0.2) is 0 Å². The number of hydrogen-bond donors (Lipinski definition) is 1. The standard InChI is InChI=1S/C11H21FO2/c1-2-7-10(11(13)14)8-5-3-4-6-9-12/h10H,2-9H2,1H3,(H,13,14). The average molecular weight is 204 g/mol. The minimum atomic E-state index is -0.683. The highest BCUT2D eigenvalue weighted by Gasteiger charge is 2.14. The van der Waals surface area contributed by atoms with Gasteiger partial charge in [0, 0.05) is 0 Å². The lowest BCUT2D eigenvalue weighted by Crippen LogP contribution is -2.13. The second-order valence-electron chi connectivity index (χ2n) is 3.72. The Kier molecular flexibility index (Phi) is 8.59. The third kappa shape index (κ3) is 6.87. The molecule has 0 aromatic rings. The summed E-state index contributed by atoms with van der Waals surface area (Å²) in [7, 11) is 0. The zero-order valence-electron chi connectivity index (χ0n) is 8.97. The molecule has 0 saturated heterocycles. The van der Waals surface area contributed by atoms with Crippen molar-refractivity contribution in [2.75, 3.05) is 6.67 Å². The van der Waals surface area contributed by atoms with E-state index in [0.717, 1.165) is 38.5 Å². The molecule has 0 aliphatic rings. The van der Waals surface area contributed by atoms with Crippen LogP contribution >= 0.6 is 0 Å². The lowest BCUT2D eigenvalue weighted by molar-refractivity contribution is -0.142. The summed E-state index contributed by atoms with van der Waals surface area (Å²) < 4.78 is 11.7. The lowest BCUT2D eigenvalue weighted by Gasteiger charge is -2.10. The number of carboxylic acids is 1. The number of aliphatic carboxylic acids is 1. The van der Waals surface area contributed by atoms with Crippen LogP contribution in [0.15, 0.2) is 0 Å². The molecule has 14 heavy (non-hydrogen) atoms. The molecule has 0 radical (unpaired) electrons. The molecular weight excluding hydrogens is 183 g/mol. The van der Waals surface area contributed by atoms with E-state index in [4.69, 9.17) is 5.11 Å². The topological polar surface area (TPSA) is 37.3 Å². The molecule has 1 unspecified atom stereocenters. The molecule has 2 nitrogen and oxygen atoms in total. The van der Waals surface area contributed by atoms with E-state index in [0.29, 0.717) is 6.42 Å². The molecule has 1 N–H and O–H groups in total. The number of unbranched alkanes of at least 4 members (excludes halogenated alkanes) is 3. The second kappa shape index (κ2) is 8.97. The molecule has 0 aromatic carbocycles. The maximum atomic E-state index is 11.7. The SMILES string of the molecule is CCCC(CCCCCCF)C(=O)O. The zero-order chi connectivity index (χ0) is 10.8. The van der Waals surface area contributed by atoms with Gasteiger partial charge in [-0.15, -0.1) is 0 Å². The Morgan fingerprint density at radius 2 is 1.86 bits per heavy atom. The predicted molar refractivity (Wildman–Crippen MR) is 55.1 cm³/mol.